The first kappa shape index (κ1) is 27.1. The van der Waals surface area contributed by atoms with Crippen molar-refractivity contribution in [3.8, 4) is 5.75 Å². The third-order valence-corrected chi connectivity index (χ3v) is 5.91. The molecule has 0 saturated heterocycles. The van der Waals surface area contributed by atoms with Crippen molar-refractivity contribution in [2.45, 2.75) is 38.1 Å². The van der Waals surface area contributed by atoms with Gasteiger partial charge in [0.2, 0.25) is 0 Å². The Hall–Kier alpha value is -3.94. The molecule has 1 saturated carbocycles. The maximum atomic E-state index is 14.0. The Morgan fingerprint density at radius 2 is 1.84 bits per heavy atom. The number of alkyl carbamates (subject to hydrolysis) is 1. The molecule has 1 aliphatic carbocycles. The normalized spacial score (nSPS) is 14.2. The third kappa shape index (κ3) is 5.79. The fraction of sp³-hybridized carbons (Fsp3) is 0.304. The molecular weight excluding hydrogens is 543 g/mol. The Labute approximate surface area is 215 Å². The number of fused-ring (bicyclic) bond motifs is 1. The molecule has 1 aliphatic rings. The molecule has 0 bridgehead atoms. The first-order valence-electron chi connectivity index (χ1n) is 10.9. The minimum atomic E-state index is -5.34. The van der Waals surface area contributed by atoms with E-state index in [1.807, 2.05) is 0 Å². The van der Waals surface area contributed by atoms with Gasteiger partial charge in [-0.25, -0.2) is 23.4 Å². The van der Waals surface area contributed by atoms with E-state index in [0.717, 1.165) is 12.1 Å². The Balaban J connectivity index is 1.48. The minimum absolute atomic E-state index is 0.0232. The first-order valence-corrected chi connectivity index (χ1v) is 11.3. The number of carbonyl (C=O) groups excluding carboxylic acids is 3. The van der Waals surface area contributed by atoms with Crippen LogP contribution < -0.4 is 15.4 Å². The maximum absolute atomic E-state index is 14.0. The topological polar surface area (TPSA) is 111 Å². The Morgan fingerprint density at radius 1 is 1.18 bits per heavy atom. The highest BCUT2D eigenvalue weighted by Gasteiger charge is 2.47. The fourth-order valence-electron chi connectivity index (χ4n) is 3.61. The van der Waals surface area contributed by atoms with Crippen LogP contribution in [0.4, 0.5) is 26.7 Å². The lowest BCUT2D eigenvalue weighted by atomic mass is 10.2. The number of carbonyl (C=O) groups is 3. The van der Waals surface area contributed by atoms with E-state index in [-0.39, 0.29) is 39.9 Å². The molecule has 0 spiro atoms. The molecule has 202 valence electrons. The molecule has 2 aromatic heterocycles. The number of hydrogen-bond acceptors (Lipinski definition) is 6. The second kappa shape index (κ2) is 10.1. The van der Waals surface area contributed by atoms with E-state index in [9.17, 15) is 36.3 Å². The van der Waals surface area contributed by atoms with Gasteiger partial charge in [0.15, 0.2) is 11.4 Å². The van der Waals surface area contributed by atoms with Crippen LogP contribution in [-0.4, -0.2) is 45.6 Å². The third-order valence-electron chi connectivity index (χ3n) is 5.70. The molecular formula is C23H18ClF5N4O5. The monoisotopic (exact) mass is 560 g/mol. The lowest BCUT2D eigenvalue weighted by molar-refractivity contribution is -0.192. The summed E-state index contributed by atoms with van der Waals surface area (Å²) in [7, 11) is 0. The molecule has 4 rings (SSSR count). The van der Waals surface area contributed by atoms with Crippen LogP contribution in [-0.2, 0) is 16.1 Å². The number of halogens is 6. The standard InChI is InChI=1S/C23H18ClF5N4O5/c1-11-17(19(34)30-10-22(5-6-22)32-21(36)38-20(35)23(27,28)29)33-8-12(24)7-16(18(33)31-11)37-9-13-14(25)3-2-4-15(13)26/h2-4,7-8H,5-6,9-10H2,1H3,(H,30,34)(H,32,36). The molecule has 0 radical (unpaired) electrons. The number of esters is 1. The smallest absolute Gasteiger partial charge is 0.485 e. The second-order valence-electron chi connectivity index (χ2n) is 8.51. The lowest BCUT2D eigenvalue weighted by Crippen LogP contribution is -2.47. The number of imidazole rings is 1. The molecule has 9 nitrogen and oxygen atoms in total. The summed E-state index contributed by atoms with van der Waals surface area (Å²) >= 11 is 6.17. The van der Waals surface area contributed by atoms with Crippen molar-refractivity contribution >= 4 is 35.2 Å². The predicted molar refractivity (Wildman–Crippen MR) is 121 cm³/mol. The molecule has 0 atom stereocenters. The van der Waals surface area contributed by atoms with E-state index in [4.69, 9.17) is 16.3 Å². The molecule has 15 heteroatoms. The average molecular weight is 561 g/mol. The zero-order chi connectivity index (χ0) is 27.8. The highest BCUT2D eigenvalue weighted by Crippen LogP contribution is 2.35. The van der Waals surface area contributed by atoms with Gasteiger partial charge in [-0.2, -0.15) is 13.2 Å². The van der Waals surface area contributed by atoms with Gasteiger partial charge in [-0.1, -0.05) is 17.7 Å². The zero-order valence-electron chi connectivity index (χ0n) is 19.4. The quantitative estimate of drug-likeness (QED) is 0.254. The lowest BCUT2D eigenvalue weighted by Gasteiger charge is -2.18. The number of ether oxygens (including phenoxy) is 2. The van der Waals surface area contributed by atoms with E-state index >= 15 is 0 Å². The predicted octanol–water partition coefficient (Wildman–Crippen LogP) is 4.23. The van der Waals surface area contributed by atoms with Gasteiger partial charge >= 0.3 is 18.2 Å². The van der Waals surface area contributed by atoms with Crippen molar-refractivity contribution in [1.29, 1.82) is 0 Å². The molecule has 38 heavy (non-hydrogen) atoms. The number of amides is 2. The van der Waals surface area contributed by atoms with Gasteiger partial charge in [0, 0.05) is 18.8 Å². The van der Waals surface area contributed by atoms with Gasteiger partial charge in [-0.3, -0.25) is 9.20 Å². The van der Waals surface area contributed by atoms with Gasteiger partial charge in [0.05, 0.1) is 21.8 Å². The fourth-order valence-corrected chi connectivity index (χ4v) is 3.81. The summed E-state index contributed by atoms with van der Waals surface area (Å²) < 4.78 is 75.4. The number of pyridine rings is 1. The molecule has 1 fully saturated rings. The number of hydrogen-bond donors (Lipinski definition) is 2. The molecule has 0 unspecified atom stereocenters. The van der Waals surface area contributed by atoms with Gasteiger partial charge in [0.25, 0.3) is 5.91 Å². The SMILES string of the molecule is Cc1nc2c(OCc3c(F)cccc3F)cc(Cl)cn2c1C(=O)NCC1(NC(=O)OC(=O)C(F)(F)F)CC1. The summed E-state index contributed by atoms with van der Waals surface area (Å²) in [5.41, 5.74) is -1.02. The molecule has 2 heterocycles. The van der Waals surface area contributed by atoms with Crippen molar-refractivity contribution in [2.75, 3.05) is 6.54 Å². The summed E-state index contributed by atoms with van der Waals surface area (Å²) in [6.07, 6.45) is -4.94. The van der Waals surface area contributed by atoms with E-state index in [1.165, 1.54) is 29.7 Å². The number of rotatable bonds is 7. The number of benzene rings is 1. The van der Waals surface area contributed by atoms with Gasteiger partial charge in [-0.15, -0.1) is 0 Å². The first-order chi connectivity index (χ1) is 17.8. The van der Waals surface area contributed by atoms with E-state index < -0.39 is 47.9 Å². The maximum Gasteiger partial charge on any atom is 0.491 e. The van der Waals surface area contributed by atoms with Gasteiger partial charge in [0.1, 0.15) is 23.9 Å². The number of nitrogens with one attached hydrogen (secondary N) is 2. The number of aromatic nitrogens is 2. The van der Waals surface area contributed by atoms with Crippen LogP contribution in [0.3, 0.4) is 0 Å². The largest absolute Gasteiger partial charge is 0.491 e. The Kier molecular flexibility index (Phi) is 7.19. The van der Waals surface area contributed by atoms with Crippen molar-refractivity contribution < 1.29 is 45.8 Å². The van der Waals surface area contributed by atoms with E-state index in [0.29, 0.717) is 12.8 Å². The molecule has 1 aromatic carbocycles. The van der Waals surface area contributed by atoms with Crippen LogP contribution in [0.1, 0.15) is 34.6 Å². The van der Waals surface area contributed by atoms with Gasteiger partial charge in [-0.05, 0) is 31.9 Å². The number of alkyl halides is 3. The Bertz CT molecular complexity index is 1420. The van der Waals surface area contributed by atoms with Crippen molar-refractivity contribution in [3.05, 3.63) is 64.1 Å². The second-order valence-corrected chi connectivity index (χ2v) is 8.95. The van der Waals surface area contributed by atoms with Crippen molar-refractivity contribution in [1.82, 2.24) is 20.0 Å². The van der Waals surface area contributed by atoms with Crippen LogP contribution in [0.2, 0.25) is 5.02 Å². The summed E-state index contributed by atoms with van der Waals surface area (Å²) in [5, 5.41) is 4.84. The molecule has 3 aromatic rings. The number of nitrogens with zero attached hydrogens (tertiary/aromatic N) is 2. The van der Waals surface area contributed by atoms with Crippen LogP contribution in [0.15, 0.2) is 30.5 Å². The van der Waals surface area contributed by atoms with Crippen LogP contribution in [0.5, 0.6) is 5.75 Å². The summed E-state index contributed by atoms with van der Waals surface area (Å²) in [6, 6.07) is 4.72. The van der Waals surface area contributed by atoms with Crippen molar-refractivity contribution in [3.63, 3.8) is 0 Å². The van der Waals surface area contributed by atoms with Crippen LogP contribution in [0, 0.1) is 18.6 Å². The molecule has 2 amide bonds. The summed E-state index contributed by atoms with van der Waals surface area (Å²) in [6.45, 7) is 0.842. The molecule has 2 N–H and O–H groups in total. The van der Waals surface area contributed by atoms with Crippen molar-refractivity contribution in [2.24, 2.45) is 0 Å². The van der Waals surface area contributed by atoms with Crippen LogP contribution in [0.25, 0.3) is 5.65 Å². The zero-order valence-corrected chi connectivity index (χ0v) is 20.2. The van der Waals surface area contributed by atoms with Gasteiger partial charge < -0.3 is 20.1 Å². The number of aryl methyl sites for hydroxylation is 1. The van der Waals surface area contributed by atoms with E-state index in [1.54, 1.807) is 0 Å². The Morgan fingerprint density at radius 3 is 2.45 bits per heavy atom. The minimum Gasteiger partial charge on any atom is -0.485 e. The average Bonchev–Trinajstić information content (AvgIpc) is 3.49. The highest BCUT2D eigenvalue weighted by atomic mass is 35.5. The van der Waals surface area contributed by atoms with E-state index in [2.05, 4.69) is 20.4 Å². The van der Waals surface area contributed by atoms with Crippen LogP contribution >= 0.6 is 11.6 Å². The summed E-state index contributed by atoms with van der Waals surface area (Å²) in [5.74, 6) is -4.91. The summed E-state index contributed by atoms with van der Waals surface area (Å²) in [4.78, 5) is 39.8. The highest BCUT2D eigenvalue weighted by molar-refractivity contribution is 6.30. The molecule has 0 aliphatic heterocycles.